The van der Waals surface area contributed by atoms with Gasteiger partial charge in [-0.15, -0.1) is 0 Å². The molecular formula is C12H18O2. The topological polar surface area (TPSA) is 37.3 Å². The largest absolute Gasteiger partial charge is 0.388 e. The van der Waals surface area contributed by atoms with E-state index in [1.165, 1.54) is 12.8 Å². The van der Waals surface area contributed by atoms with Gasteiger partial charge in [0.1, 0.15) is 0 Å². The maximum atomic E-state index is 11.6. The summed E-state index contributed by atoms with van der Waals surface area (Å²) in [6.07, 6.45) is 8.64. The minimum atomic E-state index is -0.467. The van der Waals surface area contributed by atoms with E-state index in [1.54, 1.807) is 0 Å². The number of rotatable bonds is 2. The van der Waals surface area contributed by atoms with Crippen LogP contribution >= 0.6 is 0 Å². The summed E-state index contributed by atoms with van der Waals surface area (Å²) in [5, 5.41) is 10.1. The van der Waals surface area contributed by atoms with Crippen molar-refractivity contribution in [3.05, 3.63) is 11.6 Å². The number of hydrogen-bond acceptors (Lipinski definition) is 2. The van der Waals surface area contributed by atoms with Crippen LogP contribution in [0.4, 0.5) is 0 Å². The summed E-state index contributed by atoms with van der Waals surface area (Å²) in [5.74, 6) is 0.527. The van der Waals surface area contributed by atoms with Crippen molar-refractivity contribution >= 4 is 5.78 Å². The van der Waals surface area contributed by atoms with Crippen LogP contribution in [-0.2, 0) is 4.79 Å². The smallest absolute Gasteiger partial charge is 0.161 e. The second-order valence-corrected chi connectivity index (χ2v) is 4.46. The summed E-state index contributed by atoms with van der Waals surface area (Å²) < 4.78 is 0. The molecule has 0 aromatic rings. The van der Waals surface area contributed by atoms with Gasteiger partial charge in [0.15, 0.2) is 5.78 Å². The Morgan fingerprint density at radius 3 is 2.64 bits per heavy atom. The van der Waals surface area contributed by atoms with Gasteiger partial charge >= 0.3 is 0 Å². The highest BCUT2D eigenvalue weighted by molar-refractivity contribution is 5.96. The van der Waals surface area contributed by atoms with Crippen molar-refractivity contribution in [2.24, 2.45) is 5.92 Å². The molecule has 2 aliphatic carbocycles. The fourth-order valence-corrected chi connectivity index (χ4v) is 2.59. The number of ketones is 1. The van der Waals surface area contributed by atoms with E-state index in [9.17, 15) is 9.90 Å². The third kappa shape index (κ3) is 1.90. The summed E-state index contributed by atoms with van der Waals surface area (Å²) in [4.78, 5) is 11.6. The van der Waals surface area contributed by atoms with Gasteiger partial charge in [-0.1, -0.05) is 18.9 Å². The van der Waals surface area contributed by atoms with E-state index in [0.29, 0.717) is 17.9 Å². The van der Waals surface area contributed by atoms with E-state index >= 15 is 0 Å². The maximum absolute atomic E-state index is 11.6. The molecule has 1 N–H and O–H groups in total. The van der Waals surface area contributed by atoms with E-state index in [-0.39, 0.29) is 5.78 Å². The molecule has 0 spiro atoms. The highest BCUT2D eigenvalue weighted by Gasteiger charge is 2.29. The van der Waals surface area contributed by atoms with Crippen LogP contribution < -0.4 is 0 Å². The van der Waals surface area contributed by atoms with Crippen LogP contribution in [0.3, 0.4) is 0 Å². The van der Waals surface area contributed by atoms with Crippen molar-refractivity contribution in [2.45, 2.75) is 51.0 Å². The zero-order valence-electron chi connectivity index (χ0n) is 8.54. The molecule has 1 saturated carbocycles. The summed E-state index contributed by atoms with van der Waals surface area (Å²) in [5.41, 5.74) is 0.711. The van der Waals surface area contributed by atoms with Crippen LogP contribution in [0.25, 0.3) is 0 Å². The molecule has 1 atom stereocenters. The second-order valence-electron chi connectivity index (χ2n) is 4.46. The van der Waals surface area contributed by atoms with Gasteiger partial charge in [-0.2, -0.15) is 0 Å². The Kier molecular flexibility index (Phi) is 3.02. The summed E-state index contributed by atoms with van der Waals surface area (Å²) >= 11 is 0. The number of aliphatic hydroxyl groups is 1. The zero-order chi connectivity index (χ0) is 9.97. The molecule has 0 aliphatic heterocycles. The molecule has 0 saturated heterocycles. The standard InChI is InChI=1S/C12H18O2/c13-11-8-4-3-7-10(11)12(14)9-5-1-2-6-9/h7,9,12,14H,1-6,8H2/t12-/m1/s1. The molecule has 0 unspecified atom stereocenters. The van der Waals surface area contributed by atoms with Crippen LogP contribution in [0.2, 0.25) is 0 Å². The zero-order valence-corrected chi connectivity index (χ0v) is 8.54. The first-order valence-electron chi connectivity index (χ1n) is 5.70. The van der Waals surface area contributed by atoms with Crippen LogP contribution in [0.5, 0.6) is 0 Å². The van der Waals surface area contributed by atoms with E-state index in [4.69, 9.17) is 0 Å². The Morgan fingerprint density at radius 1 is 1.29 bits per heavy atom. The summed E-state index contributed by atoms with van der Waals surface area (Å²) in [6.45, 7) is 0. The lowest BCUT2D eigenvalue weighted by atomic mass is 9.87. The average molecular weight is 194 g/mol. The van der Waals surface area contributed by atoms with E-state index < -0.39 is 6.10 Å². The van der Waals surface area contributed by atoms with E-state index in [1.807, 2.05) is 6.08 Å². The van der Waals surface area contributed by atoms with Gasteiger partial charge in [0.05, 0.1) is 6.10 Å². The number of carbonyl (C=O) groups is 1. The third-order valence-corrected chi connectivity index (χ3v) is 3.46. The molecule has 2 rings (SSSR count). The van der Waals surface area contributed by atoms with Crippen LogP contribution in [-0.4, -0.2) is 17.0 Å². The molecule has 0 radical (unpaired) electrons. The van der Waals surface area contributed by atoms with E-state index in [2.05, 4.69) is 0 Å². The second kappa shape index (κ2) is 4.26. The maximum Gasteiger partial charge on any atom is 0.161 e. The molecule has 2 aliphatic rings. The fraction of sp³-hybridized carbons (Fsp3) is 0.750. The Balaban J connectivity index is 2.05. The summed E-state index contributed by atoms with van der Waals surface area (Å²) in [6, 6.07) is 0. The molecule has 1 fully saturated rings. The molecule has 0 aromatic carbocycles. The lowest BCUT2D eigenvalue weighted by Crippen LogP contribution is -2.26. The predicted octanol–water partition coefficient (Wildman–Crippen LogP) is 2.22. The van der Waals surface area contributed by atoms with Crippen LogP contribution in [0.15, 0.2) is 11.6 Å². The minimum absolute atomic E-state index is 0.177. The number of aliphatic hydroxyl groups excluding tert-OH is 1. The van der Waals surface area contributed by atoms with Gasteiger partial charge < -0.3 is 5.11 Å². The average Bonchev–Trinajstić information content (AvgIpc) is 2.70. The molecule has 14 heavy (non-hydrogen) atoms. The van der Waals surface area contributed by atoms with Gasteiger partial charge in [0.2, 0.25) is 0 Å². The predicted molar refractivity (Wildman–Crippen MR) is 54.9 cm³/mol. The number of hydrogen-bond donors (Lipinski definition) is 1. The SMILES string of the molecule is O=C1CCCC=C1[C@H](O)C1CCCC1. The molecule has 0 amide bonds. The first-order valence-corrected chi connectivity index (χ1v) is 5.70. The molecule has 2 nitrogen and oxygen atoms in total. The van der Waals surface area contributed by atoms with E-state index in [0.717, 1.165) is 25.7 Å². The quantitative estimate of drug-likeness (QED) is 0.731. The third-order valence-electron chi connectivity index (χ3n) is 3.46. The molecule has 78 valence electrons. The summed E-state index contributed by atoms with van der Waals surface area (Å²) in [7, 11) is 0. The minimum Gasteiger partial charge on any atom is -0.388 e. The number of Topliss-reactive ketones (excluding diaryl/α,β-unsaturated/α-hetero) is 1. The van der Waals surface area contributed by atoms with Crippen molar-refractivity contribution in [3.63, 3.8) is 0 Å². The lowest BCUT2D eigenvalue weighted by molar-refractivity contribution is -0.117. The monoisotopic (exact) mass is 194 g/mol. The van der Waals surface area contributed by atoms with Gasteiger partial charge in [0, 0.05) is 12.0 Å². The van der Waals surface area contributed by atoms with Crippen molar-refractivity contribution in [1.29, 1.82) is 0 Å². The fourth-order valence-electron chi connectivity index (χ4n) is 2.59. The molecule has 0 aromatic heterocycles. The first kappa shape index (κ1) is 9.91. The normalized spacial score (nSPS) is 26.4. The van der Waals surface area contributed by atoms with Gasteiger partial charge in [-0.25, -0.2) is 0 Å². The van der Waals surface area contributed by atoms with Crippen molar-refractivity contribution < 1.29 is 9.90 Å². The highest BCUT2D eigenvalue weighted by Crippen LogP contribution is 2.32. The van der Waals surface area contributed by atoms with Gasteiger partial charge in [0.25, 0.3) is 0 Å². The van der Waals surface area contributed by atoms with Crippen LogP contribution in [0, 0.1) is 5.92 Å². The Morgan fingerprint density at radius 2 is 2.00 bits per heavy atom. The highest BCUT2D eigenvalue weighted by atomic mass is 16.3. The first-order chi connectivity index (χ1) is 6.79. The Hall–Kier alpha value is -0.630. The Labute approximate surface area is 85.0 Å². The van der Waals surface area contributed by atoms with Gasteiger partial charge in [-0.3, -0.25) is 4.79 Å². The van der Waals surface area contributed by atoms with Crippen molar-refractivity contribution in [1.82, 2.24) is 0 Å². The molecule has 0 bridgehead atoms. The van der Waals surface area contributed by atoms with Crippen molar-refractivity contribution in [3.8, 4) is 0 Å². The number of carbonyl (C=O) groups excluding carboxylic acids is 1. The number of allylic oxidation sites excluding steroid dienone is 1. The molecule has 2 heteroatoms. The molecule has 0 heterocycles. The van der Waals surface area contributed by atoms with Crippen LogP contribution in [0.1, 0.15) is 44.9 Å². The van der Waals surface area contributed by atoms with Gasteiger partial charge in [-0.05, 0) is 31.6 Å². The Bertz CT molecular complexity index is 249. The van der Waals surface area contributed by atoms with Crippen molar-refractivity contribution in [2.75, 3.05) is 0 Å². The lowest BCUT2D eigenvalue weighted by Gasteiger charge is -2.22. The molecular weight excluding hydrogens is 176 g/mol.